The molecule has 0 aliphatic rings. The molecule has 3 rings (SSSR count). The summed E-state index contributed by atoms with van der Waals surface area (Å²) in [5.41, 5.74) is 5.68. The predicted octanol–water partition coefficient (Wildman–Crippen LogP) is 4.27. The lowest BCUT2D eigenvalue weighted by atomic mass is 10.0. The van der Waals surface area contributed by atoms with Gasteiger partial charge < -0.3 is 4.74 Å². The highest BCUT2D eigenvalue weighted by atomic mass is 19.1. The van der Waals surface area contributed by atoms with Crippen molar-refractivity contribution in [3.8, 4) is 16.9 Å². The largest absolute Gasteiger partial charge is 0.494 e. The number of carbonyl (C=O) groups excluding carboxylic acids is 1. The molecule has 0 aromatic heterocycles. The molecular formula is C21H17FN2O2. The molecule has 1 amide bonds. The zero-order valence-corrected chi connectivity index (χ0v) is 14.1. The van der Waals surface area contributed by atoms with Gasteiger partial charge >= 0.3 is 0 Å². The molecule has 130 valence electrons. The van der Waals surface area contributed by atoms with E-state index in [4.69, 9.17) is 4.74 Å². The molecule has 0 aliphatic heterocycles. The average Bonchev–Trinajstić information content (AvgIpc) is 2.70. The fourth-order valence-corrected chi connectivity index (χ4v) is 2.43. The third kappa shape index (κ3) is 4.13. The minimum Gasteiger partial charge on any atom is -0.494 e. The topological polar surface area (TPSA) is 50.7 Å². The Hall–Kier alpha value is -3.47. The summed E-state index contributed by atoms with van der Waals surface area (Å²) >= 11 is 0. The number of nitrogens with one attached hydrogen (secondary N) is 1. The van der Waals surface area contributed by atoms with Gasteiger partial charge in [0.2, 0.25) is 0 Å². The summed E-state index contributed by atoms with van der Waals surface area (Å²) in [4.78, 5) is 12.2. The number of carbonyl (C=O) groups is 1. The van der Waals surface area contributed by atoms with Gasteiger partial charge in [0.15, 0.2) is 11.6 Å². The van der Waals surface area contributed by atoms with E-state index in [9.17, 15) is 9.18 Å². The molecule has 5 heteroatoms. The fraction of sp³-hybridized carbons (Fsp3) is 0.0476. The lowest BCUT2D eigenvalue weighted by Crippen LogP contribution is -2.17. The molecule has 3 aromatic carbocycles. The Morgan fingerprint density at radius 2 is 1.69 bits per heavy atom. The number of rotatable bonds is 5. The molecular weight excluding hydrogens is 331 g/mol. The van der Waals surface area contributed by atoms with Crippen LogP contribution in [-0.4, -0.2) is 19.2 Å². The number of methoxy groups -OCH3 is 1. The first-order valence-corrected chi connectivity index (χ1v) is 8.00. The van der Waals surface area contributed by atoms with E-state index in [0.717, 1.165) is 11.1 Å². The Bertz CT molecular complexity index is 923. The SMILES string of the molecule is COc1cc(C=NNC(=O)c2ccc(-c3ccccc3)cc2)ccc1F. The van der Waals surface area contributed by atoms with Gasteiger partial charge in [0, 0.05) is 5.56 Å². The van der Waals surface area contributed by atoms with E-state index >= 15 is 0 Å². The molecule has 0 bridgehead atoms. The lowest BCUT2D eigenvalue weighted by Gasteiger charge is -2.04. The van der Waals surface area contributed by atoms with Gasteiger partial charge in [-0.15, -0.1) is 0 Å². The number of amides is 1. The first-order valence-electron chi connectivity index (χ1n) is 8.00. The molecule has 0 saturated carbocycles. The van der Waals surface area contributed by atoms with E-state index in [0.29, 0.717) is 11.1 Å². The van der Waals surface area contributed by atoms with Gasteiger partial charge in [-0.2, -0.15) is 5.10 Å². The second kappa shape index (κ2) is 8.07. The van der Waals surface area contributed by atoms with E-state index in [2.05, 4.69) is 10.5 Å². The van der Waals surface area contributed by atoms with Crippen molar-refractivity contribution in [2.75, 3.05) is 7.11 Å². The molecule has 0 heterocycles. The van der Waals surface area contributed by atoms with Crippen LogP contribution in [0.3, 0.4) is 0 Å². The van der Waals surface area contributed by atoms with Crippen molar-refractivity contribution in [3.63, 3.8) is 0 Å². The number of ether oxygens (including phenoxy) is 1. The third-order valence-corrected chi connectivity index (χ3v) is 3.81. The Labute approximate surface area is 150 Å². The van der Waals surface area contributed by atoms with Crippen molar-refractivity contribution >= 4 is 12.1 Å². The predicted molar refractivity (Wildman–Crippen MR) is 99.9 cm³/mol. The Morgan fingerprint density at radius 3 is 2.38 bits per heavy atom. The van der Waals surface area contributed by atoms with Crippen LogP contribution in [0.1, 0.15) is 15.9 Å². The van der Waals surface area contributed by atoms with E-state index in [1.54, 1.807) is 18.2 Å². The number of hydrogen-bond acceptors (Lipinski definition) is 3. The summed E-state index contributed by atoms with van der Waals surface area (Å²) in [6.07, 6.45) is 1.43. The smallest absolute Gasteiger partial charge is 0.271 e. The molecule has 0 aliphatic carbocycles. The number of hydrazone groups is 1. The monoisotopic (exact) mass is 348 g/mol. The van der Waals surface area contributed by atoms with Crippen LogP contribution in [0, 0.1) is 5.82 Å². The molecule has 1 N–H and O–H groups in total. The normalized spacial score (nSPS) is 10.7. The molecule has 0 spiro atoms. The van der Waals surface area contributed by atoms with Crippen LogP contribution in [0.4, 0.5) is 4.39 Å². The van der Waals surface area contributed by atoms with Gasteiger partial charge in [0.1, 0.15) is 0 Å². The van der Waals surface area contributed by atoms with Crippen LogP contribution < -0.4 is 10.2 Å². The Morgan fingerprint density at radius 1 is 1.00 bits per heavy atom. The Kier molecular flexibility index (Phi) is 5.39. The van der Waals surface area contributed by atoms with Crippen molar-refractivity contribution in [1.29, 1.82) is 0 Å². The maximum absolute atomic E-state index is 13.4. The lowest BCUT2D eigenvalue weighted by molar-refractivity contribution is 0.0955. The minimum absolute atomic E-state index is 0.122. The average molecular weight is 348 g/mol. The second-order valence-electron chi connectivity index (χ2n) is 5.54. The van der Waals surface area contributed by atoms with Gasteiger partial charge in [0.05, 0.1) is 13.3 Å². The van der Waals surface area contributed by atoms with Crippen molar-refractivity contribution in [2.45, 2.75) is 0 Å². The van der Waals surface area contributed by atoms with Crippen LogP contribution in [-0.2, 0) is 0 Å². The second-order valence-corrected chi connectivity index (χ2v) is 5.54. The van der Waals surface area contributed by atoms with Crippen LogP contribution in [0.25, 0.3) is 11.1 Å². The minimum atomic E-state index is -0.452. The molecule has 26 heavy (non-hydrogen) atoms. The molecule has 3 aromatic rings. The maximum Gasteiger partial charge on any atom is 0.271 e. The molecule has 0 atom stereocenters. The van der Waals surface area contributed by atoms with Gasteiger partial charge in [-0.3, -0.25) is 4.79 Å². The summed E-state index contributed by atoms with van der Waals surface area (Å²) < 4.78 is 18.3. The molecule has 0 fully saturated rings. The van der Waals surface area contributed by atoms with Crippen LogP contribution in [0.5, 0.6) is 5.75 Å². The number of benzene rings is 3. The van der Waals surface area contributed by atoms with Crippen LogP contribution in [0.2, 0.25) is 0 Å². The summed E-state index contributed by atoms with van der Waals surface area (Å²) in [6.45, 7) is 0. The zero-order chi connectivity index (χ0) is 18.4. The molecule has 0 radical (unpaired) electrons. The molecule has 0 unspecified atom stereocenters. The first-order chi connectivity index (χ1) is 12.7. The summed E-state index contributed by atoms with van der Waals surface area (Å²) in [6, 6.07) is 21.5. The highest BCUT2D eigenvalue weighted by Gasteiger charge is 2.05. The van der Waals surface area contributed by atoms with Gasteiger partial charge in [-0.05, 0) is 41.0 Å². The number of hydrogen-bond donors (Lipinski definition) is 1. The molecule has 0 saturated heterocycles. The van der Waals surface area contributed by atoms with Crippen molar-refractivity contribution in [3.05, 3.63) is 89.7 Å². The quantitative estimate of drug-likeness (QED) is 0.553. The summed E-state index contributed by atoms with van der Waals surface area (Å²) in [7, 11) is 1.39. The van der Waals surface area contributed by atoms with Gasteiger partial charge in [-0.1, -0.05) is 48.5 Å². The van der Waals surface area contributed by atoms with Crippen molar-refractivity contribution in [1.82, 2.24) is 5.43 Å². The number of halogens is 1. The van der Waals surface area contributed by atoms with Gasteiger partial charge in [-0.25, -0.2) is 9.82 Å². The first kappa shape index (κ1) is 17.4. The number of nitrogens with zero attached hydrogens (tertiary/aromatic N) is 1. The summed E-state index contributed by atoms with van der Waals surface area (Å²) in [5, 5.41) is 3.90. The third-order valence-electron chi connectivity index (χ3n) is 3.81. The fourth-order valence-electron chi connectivity index (χ4n) is 2.43. The zero-order valence-electron chi connectivity index (χ0n) is 14.1. The van der Waals surface area contributed by atoms with Crippen LogP contribution in [0.15, 0.2) is 77.9 Å². The van der Waals surface area contributed by atoms with E-state index in [1.807, 2.05) is 42.5 Å². The summed E-state index contributed by atoms with van der Waals surface area (Å²) in [5.74, 6) is -0.654. The standard InChI is InChI=1S/C21H17FN2O2/c1-26-20-13-15(7-12-19(20)22)14-23-24-21(25)18-10-8-17(9-11-18)16-5-3-2-4-6-16/h2-14H,1H3,(H,24,25). The van der Waals surface area contributed by atoms with Crippen LogP contribution >= 0.6 is 0 Å². The highest BCUT2D eigenvalue weighted by Crippen LogP contribution is 2.19. The van der Waals surface area contributed by atoms with E-state index in [-0.39, 0.29) is 11.7 Å². The highest BCUT2D eigenvalue weighted by molar-refractivity contribution is 5.95. The molecule has 4 nitrogen and oxygen atoms in total. The van der Waals surface area contributed by atoms with E-state index < -0.39 is 5.82 Å². The maximum atomic E-state index is 13.4. The Balaban J connectivity index is 1.65. The van der Waals surface area contributed by atoms with Gasteiger partial charge in [0.25, 0.3) is 5.91 Å². The van der Waals surface area contributed by atoms with E-state index in [1.165, 1.54) is 25.5 Å². The van der Waals surface area contributed by atoms with Crippen molar-refractivity contribution in [2.24, 2.45) is 5.10 Å². The van der Waals surface area contributed by atoms with Crippen molar-refractivity contribution < 1.29 is 13.9 Å².